The van der Waals surface area contributed by atoms with Crippen LogP contribution in [0.5, 0.6) is 0 Å². The molecule has 2 heterocycles. The number of benzene rings is 2. The molecular weight excluding hydrogens is 389 g/mol. The average molecular weight is 404 g/mol. The molecule has 4 rings (SSSR count). The Bertz CT molecular complexity index is 1030. The number of rotatable bonds is 3. The van der Waals surface area contributed by atoms with Gasteiger partial charge in [0.1, 0.15) is 5.58 Å². The first-order chi connectivity index (χ1) is 13.4. The Kier molecular flexibility index (Phi) is 4.89. The third-order valence-corrected chi connectivity index (χ3v) is 5.39. The number of thioether (sulfide) groups is 1. The van der Waals surface area contributed by atoms with Crippen molar-refractivity contribution >= 4 is 33.8 Å². The van der Waals surface area contributed by atoms with E-state index in [1.807, 2.05) is 18.2 Å². The Morgan fingerprint density at radius 2 is 1.96 bits per heavy atom. The van der Waals surface area contributed by atoms with Crippen molar-refractivity contribution in [3.05, 3.63) is 71.5 Å². The fourth-order valence-corrected chi connectivity index (χ4v) is 3.93. The summed E-state index contributed by atoms with van der Waals surface area (Å²) < 4.78 is 44.2. The molecule has 2 aromatic carbocycles. The van der Waals surface area contributed by atoms with Crippen molar-refractivity contribution in [1.82, 2.24) is 4.90 Å². The van der Waals surface area contributed by atoms with Crippen LogP contribution in [0.3, 0.4) is 0 Å². The van der Waals surface area contributed by atoms with Crippen molar-refractivity contribution in [3.63, 3.8) is 0 Å². The molecule has 4 nitrogen and oxygen atoms in total. The Morgan fingerprint density at radius 1 is 1.14 bits per heavy atom. The molecule has 0 saturated heterocycles. The smallest absolute Gasteiger partial charge is 0.416 e. The predicted molar refractivity (Wildman–Crippen MR) is 102 cm³/mol. The summed E-state index contributed by atoms with van der Waals surface area (Å²) in [6.45, 7) is 0.873. The molecule has 0 radical (unpaired) electrons. The zero-order chi connectivity index (χ0) is 19.7. The number of alkyl halides is 3. The Balaban J connectivity index is 1.47. The summed E-state index contributed by atoms with van der Waals surface area (Å²) >= 11 is 1.24. The van der Waals surface area contributed by atoms with E-state index in [2.05, 4.69) is 4.99 Å². The zero-order valence-electron chi connectivity index (χ0n) is 14.6. The van der Waals surface area contributed by atoms with Crippen LogP contribution in [-0.2, 0) is 11.9 Å². The molecule has 1 aliphatic rings. The standard InChI is InChI=1S/C20H15F3N2O2S/c21-20(22,23)15-6-3-4-13(10-15)12-28-19-24-8-9-25(19)18(26)17-11-14-5-1-2-7-16(14)27-17/h1-7,10-11H,8-9,12H2. The van der Waals surface area contributed by atoms with Crippen LogP contribution in [0.15, 0.2) is 64.0 Å². The Labute approximate surface area is 163 Å². The number of aliphatic imine (C=N–C) groups is 1. The summed E-state index contributed by atoms with van der Waals surface area (Å²) in [5, 5.41) is 1.32. The second kappa shape index (κ2) is 7.35. The van der Waals surface area contributed by atoms with Crippen molar-refractivity contribution in [1.29, 1.82) is 0 Å². The van der Waals surface area contributed by atoms with E-state index in [9.17, 15) is 18.0 Å². The second-order valence-electron chi connectivity index (χ2n) is 6.26. The molecule has 0 spiro atoms. The van der Waals surface area contributed by atoms with E-state index >= 15 is 0 Å². The van der Waals surface area contributed by atoms with E-state index in [0.717, 1.165) is 17.5 Å². The molecule has 28 heavy (non-hydrogen) atoms. The number of fused-ring (bicyclic) bond motifs is 1. The summed E-state index contributed by atoms with van der Waals surface area (Å²) in [6, 6.07) is 14.2. The average Bonchev–Trinajstić information content (AvgIpc) is 3.32. The number of halogens is 3. The fourth-order valence-electron chi connectivity index (χ4n) is 2.94. The minimum Gasteiger partial charge on any atom is -0.451 e. The van der Waals surface area contributed by atoms with Gasteiger partial charge in [-0.05, 0) is 23.8 Å². The van der Waals surface area contributed by atoms with E-state index in [0.29, 0.717) is 29.4 Å². The summed E-state index contributed by atoms with van der Waals surface area (Å²) in [5.74, 6) is 0.201. The number of hydrogen-bond acceptors (Lipinski definition) is 4. The minimum absolute atomic E-state index is 0.218. The number of amidine groups is 1. The lowest BCUT2D eigenvalue weighted by Gasteiger charge is -2.16. The molecule has 0 bridgehead atoms. The van der Waals surface area contributed by atoms with Gasteiger partial charge < -0.3 is 4.42 Å². The molecule has 144 valence electrons. The normalized spacial score (nSPS) is 14.5. The van der Waals surface area contributed by atoms with Gasteiger partial charge in [0.25, 0.3) is 5.91 Å². The SMILES string of the molecule is O=C(c1cc2ccccc2o1)N1CCN=C1SCc1cccc(C(F)(F)F)c1. The van der Waals surface area contributed by atoms with Gasteiger partial charge in [0.2, 0.25) is 0 Å². The van der Waals surface area contributed by atoms with Gasteiger partial charge in [0, 0.05) is 17.7 Å². The first-order valence-electron chi connectivity index (χ1n) is 8.56. The molecule has 1 aromatic heterocycles. The number of carbonyl (C=O) groups excluding carboxylic acids is 1. The van der Waals surface area contributed by atoms with Crippen molar-refractivity contribution in [2.45, 2.75) is 11.9 Å². The highest BCUT2D eigenvalue weighted by molar-refractivity contribution is 8.13. The third kappa shape index (κ3) is 3.77. The van der Waals surface area contributed by atoms with Crippen LogP contribution >= 0.6 is 11.8 Å². The molecule has 0 unspecified atom stereocenters. The minimum atomic E-state index is -4.38. The van der Waals surface area contributed by atoms with Crippen LogP contribution in [-0.4, -0.2) is 29.1 Å². The summed E-state index contributed by atoms with van der Waals surface area (Å²) in [5.41, 5.74) is 0.458. The van der Waals surface area contributed by atoms with Crippen LogP contribution in [0.1, 0.15) is 21.7 Å². The first-order valence-corrected chi connectivity index (χ1v) is 9.54. The fraction of sp³-hybridized carbons (Fsp3) is 0.200. The number of para-hydroxylation sites is 1. The lowest BCUT2D eigenvalue weighted by Crippen LogP contribution is -2.32. The van der Waals surface area contributed by atoms with Crippen LogP contribution in [0.2, 0.25) is 0 Å². The van der Waals surface area contributed by atoms with Crippen molar-refractivity contribution in [3.8, 4) is 0 Å². The molecule has 0 fully saturated rings. The van der Waals surface area contributed by atoms with Crippen molar-refractivity contribution in [2.75, 3.05) is 13.1 Å². The van der Waals surface area contributed by atoms with E-state index in [-0.39, 0.29) is 17.4 Å². The highest BCUT2D eigenvalue weighted by atomic mass is 32.2. The Morgan fingerprint density at radius 3 is 2.75 bits per heavy atom. The molecule has 0 aliphatic carbocycles. The molecule has 0 N–H and O–H groups in total. The maximum absolute atomic E-state index is 12.9. The number of hydrogen-bond donors (Lipinski definition) is 0. The number of carbonyl (C=O) groups is 1. The zero-order valence-corrected chi connectivity index (χ0v) is 15.4. The quantitative estimate of drug-likeness (QED) is 0.603. The van der Waals surface area contributed by atoms with E-state index < -0.39 is 11.7 Å². The van der Waals surface area contributed by atoms with E-state index in [1.165, 1.54) is 22.7 Å². The third-order valence-electron chi connectivity index (χ3n) is 4.31. The molecule has 8 heteroatoms. The van der Waals surface area contributed by atoms with Gasteiger partial charge in [-0.25, -0.2) is 0 Å². The van der Waals surface area contributed by atoms with Crippen LogP contribution in [0, 0.1) is 0 Å². The molecule has 3 aromatic rings. The highest BCUT2D eigenvalue weighted by Gasteiger charge is 2.31. The summed E-state index contributed by atoms with van der Waals surface area (Å²) in [4.78, 5) is 18.6. The maximum atomic E-state index is 12.9. The number of amides is 1. The molecule has 0 atom stereocenters. The van der Waals surface area contributed by atoms with Gasteiger partial charge >= 0.3 is 6.18 Å². The lowest BCUT2D eigenvalue weighted by molar-refractivity contribution is -0.137. The highest BCUT2D eigenvalue weighted by Crippen LogP contribution is 2.31. The molecule has 1 aliphatic heterocycles. The Hall–Kier alpha value is -2.74. The molecular formula is C20H15F3N2O2S. The first kappa shape index (κ1) is 18.6. The van der Waals surface area contributed by atoms with Gasteiger partial charge in [-0.1, -0.05) is 48.2 Å². The number of furan rings is 1. The summed E-state index contributed by atoms with van der Waals surface area (Å²) in [7, 11) is 0. The van der Waals surface area contributed by atoms with E-state index in [4.69, 9.17) is 4.42 Å². The lowest BCUT2D eigenvalue weighted by atomic mass is 10.1. The van der Waals surface area contributed by atoms with Crippen molar-refractivity contribution in [2.24, 2.45) is 4.99 Å². The second-order valence-corrected chi connectivity index (χ2v) is 7.20. The predicted octanol–water partition coefficient (Wildman–Crippen LogP) is 5.20. The van der Waals surface area contributed by atoms with Crippen LogP contribution in [0.4, 0.5) is 13.2 Å². The molecule has 0 saturated carbocycles. The maximum Gasteiger partial charge on any atom is 0.416 e. The number of nitrogens with zero attached hydrogens (tertiary/aromatic N) is 2. The van der Waals surface area contributed by atoms with Gasteiger partial charge in [-0.2, -0.15) is 13.2 Å². The van der Waals surface area contributed by atoms with Gasteiger partial charge in [-0.3, -0.25) is 14.7 Å². The van der Waals surface area contributed by atoms with Gasteiger partial charge in [-0.15, -0.1) is 0 Å². The van der Waals surface area contributed by atoms with Crippen LogP contribution < -0.4 is 0 Å². The van der Waals surface area contributed by atoms with Crippen molar-refractivity contribution < 1.29 is 22.4 Å². The topological polar surface area (TPSA) is 45.8 Å². The largest absolute Gasteiger partial charge is 0.451 e. The van der Waals surface area contributed by atoms with E-state index in [1.54, 1.807) is 18.2 Å². The summed E-state index contributed by atoms with van der Waals surface area (Å²) in [6.07, 6.45) is -4.38. The molecule has 1 amide bonds. The van der Waals surface area contributed by atoms with Gasteiger partial charge in [0.05, 0.1) is 12.1 Å². The van der Waals surface area contributed by atoms with Gasteiger partial charge in [0.15, 0.2) is 10.9 Å². The van der Waals surface area contributed by atoms with Crippen LogP contribution in [0.25, 0.3) is 11.0 Å². The monoisotopic (exact) mass is 404 g/mol.